The number of ketones is 1. The van der Waals surface area contributed by atoms with Gasteiger partial charge in [0.05, 0.1) is 12.0 Å². The zero-order valence-electron chi connectivity index (χ0n) is 12.1. The average molecular weight is 297 g/mol. The maximum atomic E-state index is 12.4. The van der Waals surface area contributed by atoms with Gasteiger partial charge in [-0.1, -0.05) is 6.92 Å². The summed E-state index contributed by atoms with van der Waals surface area (Å²) in [6.45, 7) is 5.19. The first kappa shape index (κ1) is 16.4. The van der Waals surface area contributed by atoms with Crippen molar-refractivity contribution >= 4 is 29.0 Å². The molecule has 1 atom stereocenters. The smallest absolute Gasteiger partial charge is 0.325 e. The maximum absolute atomic E-state index is 12.4. The third kappa shape index (κ3) is 3.90. The number of ether oxygens (including phenoxy) is 1. The van der Waals surface area contributed by atoms with E-state index in [0.717, 1.165) is 6.42 Å². The number of hydrogen-bond donors (Lipinski definition) is 0. The normalized spacial score (nSPS) is 11.8. The van der Waals surface area contributed by atoms with Crippen LogP contribution in [0.5, 0.6) is 0 Å². The van der Waals surface area contributed by atoms with Crippen molar-refractivity contribution in [3.8, 4) is 0 Å². The van der Waals surface area contributed by atoms with Gasteiger partial charge in [0.25, 0.3) is 5.91 Å². The van der Waals surface area contributed by atoms with E-state index in [4.69, 9.17) is 0 Å². The molecule has 0 N–H and O–H groups in total. The summed E-state index contributed by atoms with van der Waals surface area (Å²) in [5, 5.41) is 1.66. The van der Waals surface area contributed by atoms with E-state index in [9.17, 15) is 14.4 Å². The van der Waals surface area contributed by atoms with Gasteiger partial charge in [-0.3, -0.25) is 14.4 Å². The highest BCUT2D eigenvalue weighted by atomic mass is 32.1. The van der Waals surface area contributed by atoms with Gasteiger partial charge in [0.15, 0.2) is 5.78 Å². The van der Waals surface area contributed by atoms with E-state index in [1.807, 2.05) is 13.8 Å². The lowest BCUT2D eigenvalue weighted by Gasteiger charge is -2.26. The molecule has 0 saturated carbocycles. The second kappa shape index (κ2) is 7.19. The summed E-state index contributed by atoms with van der Waals surface area (Å²) >= 11 is 1.21. The molecule has 20 heavy (non-hydrogen) atoms. The van der Waals surface area contributed by atoms with Gasteiger partial charge in [0.1, 0.15) is 6.54 Å². The molecule has 0 radical (unpaired) electrons. The van der Waals surface area contributed by atoms with Gasteiger partial charge in [-0.05, 0) is 26.3 Å². The van der Waals surface area contributed by atoms with Gasteiger partial charge in [0.2, 0.25) is 0 Å². The number of nitrogens with zero attached hydrogens (tertiary/aromatic N) is 1. The van der Waals surface area contributed by atoms with Crippen LogP contribution in [-0.4, -0.2) is 42.3 Å². The van der Waals surface area contributed by atoms with Crippen molar-refractivity contribution in [2.75, 3.05) is 13.7 Å². The molecule has 5 nitrogen and oxygen atoms in total. The van der Waals surface area contributed by atoms with Crippen LogP contribution in [0.15, 0.2) is 11.4 Å². The Kier molecular flexibility index (Phi) is 5.88. The Labute approximate surface area is 122 Å². The molecule has 0 fully saturated rings. The van der Waals surface area contributed by atoms with Crippen molar-refractivity contribution in [2.45, 2.75) is 33.2 Å². The van der Waals surface area contributed by atoms with Crippen LogP contribution in [0.25, 0.3) is 0 Å². The Balaban J connectivity index is 2.96. The van der Waals surface area contributed by atoms with Crippen molar-refractivity contribution in [1.29, 1.82) is 0 Å². The van der Waals surface area contributed by atoms with E-state index in [1.165, 1.54) is 30.3 Å². The monoisotopic (exact) mass is 297 g/mol. The number of esters is 1. The lowest BCUT2D eigenvalue weighted by molar-refractivity contribution is -0.141. The number of carbonyl (C=O) groups excluding carboxylic acids is 3. The molecular formula is C14H19NO4S. The van der Waals surface area contributed by atoms with Crippen LogP contribution in [0, 0.1) is 0 Å². The van der Waals surface area contributed by atoms with Crippen LogP contribution in [-0.2, 0) is 9.53 Å². The summed E-state index contributed by atoms with van der Waals surface area (Å²) in [4.78, 5) is 37.1. The van der Waals surface area contributed by atoms with E-state index in [-0.39, 0.29) is 24.3 Å². The summed E-state index contributed by atoms with van der Waals surface area (Å²) in [5.74, 6) is -0.785. The number of carbonyl (C=O) groups is 3. The molecule has 1 rings (SSSR count). The Bertz CT molecular complexity index is 509. The van der Waals surface area contributed by atoms with Crippen LogP contribution >= 0.6 is 11.3 Å². The number of hydrogen-bond acceptors (Lipinski definition) is 5. The minimum atomic E-state index is -0.456. The first-order chi connectivity index (χ1) is 9.40. The van der Waals surface area contributed by atoms with E-state index in [2.05, 4.69) is 4.74 Å². The van der Waals surface area contributed by atoms with Gasteiger partial charge in [0, 0.05) is 17.0 Å². The number of rotatable bonds is 6. The van der Waals surface area contributed by atoms with Gasteiger partial charge in [-0.2, -0.15) is 0 Å². The van der Waals surface area contributed by atoms with Gasteiger partial charge >= 0.3 is 5.97 Å². The van der Waals surface area contributed by atoms with Crippen LogP contribution in [0.4, 0.5) is 0 Å². The molecule has 1 aromatic heterocycles. The predicted molar refractivity (Wildman–Crippen MR) is 77.1 cm³/mol. The molecule has 0 bridgehead atoms. The number of methoxy groups -OCH3 is 1. The molecular weight excluding hydrogens is 278 g/mol. The summed E-state index contributed by atoms with van der Waals surface area (Å²) in [6, 6.07) is 1.49. The van der Waals surface area contributed by atoms with Gasteiger partial charge < -0.3 is 9.64 Å². The van der Waals surface area contributed by atoms with Gasteiger partial charge in [-0.25, -0.2) is 0 Å². The second-order valence-electron chi connectivity index (χ2n) is 4.52. The minimum Gasteiger partial charge on any atom is -0.468 e. The molecule has 1 aromatic rings. The minimum absolute atomic E-state index is 0.0792. The molecule has 0 aromatic carbocycles. The highest BCUT2D eigenvalue weighted by molar-refractivity contribution is 7.12. The Hall–Kier alpha value is -1.69. The fraction of sp³-hybridized carbons (Fsp3) is 0.500. The summed E-state index contributed by atoms with van der Waals surface area (Å²) in [7, 11) is 1.29. The number of thiophene rings is 1. The van der Waals surface area contributed by atoms with Crippen LogP contribution in [0.1, 0.15) is 47.2 Å². The summed E-state index contributed by atoms with van der Waals surface area (Å²) < 4.78 is 4.62. The zero-order chi connectivity index (χ0) is 15.3. The molecule has 0 aliphatic carbocycles. The SMILES string of the molecule is CC[C@H](C)N(CC(=O)OC)C(=O)c1cc(C(C)=O)cs1. The highest BCUT2D eigenvalue weighted by Crippen LogP contribution is 2.19. The summed E-state index contributed by atoms with van der Waals surface area (Å²) in [6.07, 6.45) is 0.730. The molecule has 0 aliphatic heterocycles. The van der Waals surface area contributed by atoms with Crippen molar-refractivity contribution in [1.82, 2.24) is 4.90 Å². The van der Waals surface area contributed by atoms with E-state index >= 15 is 0 Å². The number of amides is 1. The number of Topliss-reactive ketones (excluding diaryl/α,β-unsaturated/α-hetero) is 1. The Morgan fingerprint density at radius 3 is 2.50 bits per heavy atom. The topological polar surface area (TPSA) is 63.7 Å². The lowest BCUT2D eigenvalue weighted by atomic mass is 10.2. The second-order valence-corrected chi connectivity index (χ2v) is 5.43. The zero-order valence-corrected chi connectivity index (χ0v) is 13.0. The first-order valence-electron chi connectivity index (χ1n) is 6.37. The standard InChI is InChI=1S/C14H19NO4S/c1-5-9(2)15(7-13(17)19-4)14(18)12-6-11(8-20-12)10(3)16/h6,8-9H,5,7H2,1-4H3/t9-/m0/s1. The molecule has 1 heterocycles. The third-order valence-electron chi connectivity index (χ3n) is 3.13. The van der Waals surface area contributed by atoms with Crippen molar-refractivity contribution in [3.05, 3.63) is 21.9 Å². The fourth-order valence-corrected chi connectivity index (χ4v) is 2.53. The molecule has 6 heteroatoms. The Morgan fingerprint density at radius 2 is 2.05 bits per heavy atom. The maximum Gasteiger partial charge on any atom is 0.325 e. The fourth-order valence-electron chi connectivity index (χ4n) is 1.63. The Morgan fingerprint density at radius 1 is 1.40 bits per heavy atom. The van der Waals surface area contributed by atoms with Crippen molar-refractivity contribution in [3.63, 3.8) is 0 Å². The third-order valence-corrected chi connectivity index (χ3v) is 4.05. The van der Waals surface area contributed by atoms with Crippen molar-refractivity contribution in [2.24, 2.45) is 0 Å². The molecule has 0 saturated heterocycles. The molecule has 1 amide bonds. The highest BCUT2D eigenvalue weighted by Gasteiger charge is 2.24. The largest absolute Gasteiger partial charge is 0.468 e. The van der Waals surface area contributed by atoms with Gasteiger partial charge in [-0.15, -0.1) is 11.3 Å². The molecule has 110 valence electrons. The van der Waals surface area contributed by atoms with Crippen LogP contribution in [0.3, 0.4) is 0 Å². The van der Waals surface area contributed by atoms with E-state index in [0.29, 0.717) is 10.4 Å². The average Bonchev–Trinajstić information content (AvgIpc) is 2.92. The lowest BCUT2D eigenvalue weighted by Crippen LogP contribution is -2.41. The molecule has 0 spiro atoms. The van der Waals surface area contributed by atoms with E-state index in [1.54, 1.807) is 11.4 Å². The molecule has 0 unspecified atom stereocenters. The first-order valence-corrected chi connectivity index (χ1v) is 7.25. The molecule has 0 aliphatic rings. The summed E-state index contributed by atoms with van der Waals surface area (Å²) in [5.41, 5.74) is 0.514. The predicted octanol–water partition coefficient (Wildman–Crippen LogP) is 2.36. The van der Waals surface area contributed by atoms with Crippen LogP contribution in [0.2, 0.25) is 0 Å². The van der Waals surface area contributed by atoms with Crippen LogP contribution < -0.4 is 0 Å². The van der Waals surface area contributed by atoms with Crippen molar-refractivity contribution < 1.29 is 19.1 Å². The van der Waals surface area contributed by atoms with E-state index < -0.39 is 5.97 Å². The quantitative estimate of drug-likeness (QED) is 0.597.